The van der Waals surface area contributed by atoms with E-state index in [0.29, 0.717) is 18.5 Å². The second-order valence-corrected chi connectivity index (χ2v) is 8.45. The maximum atomic E-state index is 11.4. The molecule has 0 aliphatic rings. The zero-order valence-electron chi connectivity index (χ0n) is 14.1. The maximum Gasteiger partial charge on any atom is 0.329 e. The Morgan fingerprint density at radius 3 is 1.95 bits per heavy atom. The first-order valence-electron chi connectivity index (χ1n) is 8.72. The van der Waals surface area contributed by atoms with Crippen LogP contribution in [0.4, 0.5) is 0 Å². The highest BCUT2D eigenvalue weighted by molar-refractivity contribution is 9.09. The van der Waals surface area contributed by atoms with Crippen LogP contribution in [-0.4, -0.2) is 36.2 Å². The van der Waals surface area contributed by atoms with Gasteiger partial charge >= 0.3 is 7.60 Å². The molecule has 6 heteroatoms. The molecule has 0 saturated heterocycles. The normalized spacial score (nSPS) is 14.1. The van der Waals surface area contributed by atoms with E-state index in [9.17, 15) is 9.46 Å². The number of ether oxygens (including phenoxy) is 1. The quantitative estimate of drug-likeness (QED) is 0.198. The van der Waals surface area contributed by atoms with Crippen molar-refractivity contribution in [2.75, 3.05) is 31.3 Å². The molecule has 0 saturated carbocycles. The second-order valence-electron chi connectivity index (χ2n) is 5.68. The van der Waals surface area contributed by atoms with Gasteiger partial charge in [0.05, 0.1) is 19.4 Å². The van der Waals surface area contributed by atoms with Crippen LogP contribution in [0.15, 0.2) is 0 Å². The molecule has 0 aromatic heterocycles. The van der Waals surface area contributed by atoms with Gasteiger partial charge in [0, 0.05) is 11.9 Å². The number of hydrogen-bond acceptors (Lipinski definition) is 3. The molecule has 0 rings (SSSR count). The summed E-state index contributed by atoms with van der Waals surface area (Å²) in [6.07, 6.45) is 13.2. The lowest BCUT2D eigenvalue weighted by atomic mass is 10.1. The molecule has 1 unspecified atom stereocenters. The Balaban J connectivity index is 3.13. The Bertz CT molecular complexity index is 277. The highest BCUT2D eigenvalue weighted by atomic mass is 79.9. The summed E-state index contributed by atoms with van der Waals surface area (Å²) in [6, 6.07) is 0. The van der Waals surface area contributed by atoms with Gasteiger partial charge in [-0.15, -0.1) is 0 Å². The summed E-state index contributed by atoms with van der Waals surface area (Å²) in [5.41, 5.74) is 0. The molecule has 134 valence electrons. The van der Waals surface area contributed by atoms with Crippen LogP contribution in [0.5, 0.6) is 0 Å². The fraction of sp³-hybridized carbons (Fsp3) is 1.00. The monoisotopic (exact) mass is 400 g/mol. The van der Waals surface area contributed by atoms with Crippen molar-refractivity contribution in [1.29, 1.82) is 0 Å². The minimum atomic E-state index is -3.40. The van der Waals surface area contributed by atoms with Gasteiger partial charge in [-0.25, -0.2) is 0 Å². The maximum absolute atomic E-state index is 11.4. The number of hydrogen-bond donors (Lipinski definition) is 1. The molecule has 0 aromatic carbocycles. The van der Waals surface area contributed by atoms with Crippen molar-refractivity contribution in [2.24, 2.45) is 0 Å². The zero-order valence-corrected chi connectivity index (χ0v) is 16.6. The summed E-state index contributed by atoms with van der Waals surface area (Å²) >= 11 is 3.13. The lowest BCUT2D eigenvalue weighted by molar-refractivity contribution is 0.0927. The predicted molar refractivity (Wildman–Crippen MR) is 97.1 cm³/mol. The van der Waals surface area contributed by atoms with Gasteiger partial charge in [0.2, 0.25) is 0 Å². The first-order valence-corrected chi connectivity index (χ1v) is 11.6. The predicted octanol–water partition coefficient (Wildman–Crippen LogP) is 5.52. The Morgan fingerprint density at radius 2 is 1.41 bits per heavy atom. The largest absolute Gasteiger partial charge is 0.379 e. The Labute approximate surface area is 145 Å². The van der Waals surface area contributed by atoms with Crippen LogP contribution in [-0.2, 0) is 13.8 Å². The van der Waals surface area contributed by atoms with Gasteiger partial charge < -0.3 is 14.2 Å². The van der Waals surface area contributed by atoms with Gasteiger partial charge in [-0.1, -0.05) is 80.6 Å². The van der Waals surface area contributed by atoms with Crippen LogP contribution in [0.1, 0.15) is 71.1 Å². The van der Waals surface area contributed by atoms with E-state index >= 15 is 0 Å². The minimum absolute atomic E-state index is 0.144. The van der Waals surface area contributed by atoms with E-state index in [-0.39, 0.29) is 12.8 Å². The van der Waals surface area contributed by atoms with Gasteiger partial charge in [-0.3, -0.25) is 4.57 Å². The van der Waals surface area contributed by atoms with Crippen LogP contribution in [0.3, 0.4) is 0 Å². The summed E-state index contributed by atoms with van der Waals surface area (Å²) in [7, 11) is -3.40. The summed E-state index contributed by atoms with van der Waals surface area (Å²) < 4.78 is 21.7. The summed E-state index contributed by atoms with van der Waals surface area (Å²) in [6.45, 7) is 3.55. The second kappa shape index (κ2) is 16.4. The standard InChI is InChI=1S/C16H34BrO4P/c1-2-3-4-5-6-7-8-9-10-11-13-20-14-15-21-22(18,19)16-12-17/h2-16H2,1H3,(H,18,19). The smallest absolute Gasteiger partial charge is 0.329 e. The summed E-state index contributed by atoms with van der Waals surface area (Å²) in [5, 5.41) is 0.472. The molecule has 0 amide bonds. The van der Waals surface area contributed by atoms with Crippen LogP contribution < -0.4 is 0 Å². The third-order valence-electron chi connectivity index (χ3n) is 3.53. The van der Waals surface area contributed by atoms with Gasteiger partial charge in [0.25, 0.3) is 0 Å². The van der Waals surface area contributed by atoms with Gasteiger partial charge in [-0.05, 0) is 6.42 Å². The molecule has 0 fully saturated rings. The highest BCUT2D eigenvalue weighted by Crippen LogP contribution is 2.41. The van der Waals surface area contributed by atoms with Crippen LogP contribution in [0, 0.1) is 0 Å². The molecule has 0 bridgehead atoms. The van der Waals surface area contributed by atoms with Crippen molar-refractivity contribution < 1.29 is 18.7 Å². The first kappa shape index (κ1) is 22.6. The topological polar surface area (TPSA) is 55.8 Å². The van der Waals surface area contributed by atoms with Crippen molar-refractivity contribution in [3.63, 3.8) is 0 Å². The van der Waals surface area contributed by atoms with Crippen LogP contribution in [0.2, 0.25) is 0 Å². The number of unbranched alkanes of at least 4 members (excludes halogenated alkanes) is 9. The highest BCUT2D eigenvalue weighted by Gasteiger charge is 2.17. The molecule has 0 aliphatic carbocycles. The fourth-order valence-corrected chi connectivity index (χ4v) is 4.25. The number of alkyl halides is 1. The number of halogens is 1. The van der Waals surface area contributed by atoms with Gasteiger partial charge in [-0.2, -0.15) is 0 Å². The molecule has 0 radical (unpaired) electrons. The van der Waals surface area contributed by atoms with Gasteiger partial charge in [0.15, 0.2) is 0 Å². The molecule has 4 nitrogen and oxygen atoms in total. The molecular formula is C16H34BrO4P. The van der Waals surface area contributed by atoms with E-state index in [1.807, 2.05) is 0 Å². The Morgan fingerprint density at radius 1 is 0.864 bits per heavy atom. The van der Waals surface area contributed by atoms with E-state index in [1.54, 1.807) is 0 Å². The van der Waals surface area contributed by atoms with Crippen molar-refractivity contribution in [1.82, 2.24) is 0 Å². The molecule has 22 heavy (non-hydrogen) atoms. The van der Waals surface area contributed by atoms with Crippen LogP contribution in [0.25, 0.3) is 0 Å². The molecule has 0 aromatic rings. The average molecular weight is 401 g/mol. The van der Waals surface area contributed by atoms with E-state index in [2.05, 4.69) is 22.9 Å². The minimum Gasteiger partial charge on any atom is -0.379 e. The lowest BCUT2D eigenvalue weighted by Crippen LogP contribution is -2.05. The third-order valence-corrected chi connectivity index (χ3v) is 5.91. The van der Waals surface area contributed by atoms with E-state index in [0.717, 1.165) is 6.42 Å². The SMILES string of the molecule is CCCCCCCCCCCCOCCOP(=O)(O)CCBr. The van der Waals surface area contributed by atoms with Crippen LogP contribution >= 0.6 is 23.5 Å². The molecule has 0 heterocycles. The van der Waals surface area contributed by atoms with E-state index < -0.39 is 7.60 Å². The molecule has 0 spiro atoms. The Hall–Kier alpha value is 0.590. The van der Waals surface area contributed by atoms with Gasteiger partial charge in [0.1, 0.15) is 0 Å². The fourth-order valence-electron chi connectivity index (χ4n) is 2.20. The van der Waals surface area contributed by atoms with Crippen molar-refractivity contribution in [2.45, 2.75) is 71.1 Å². The molecule has 1 atom stereocenters. The molecule has 0 aliphatic heterocycles. The van der Waals surface area contributed by atoms with E-state index in [4.69, 9.17) is 9.26 Å². The zero-order chi connectivity index (χ0) is 16.5. The Kier molecular flexibility index (Phi) is 16.9. The third kappa shape index (κ3) is 17.0. The molecule has 1 N–H and O–H groups in total. The lowest BCUT2D eigenvalue weighted by Gasteiger charge is -2.10. The van der Waals surface area contributed by atoms with Crippen molar-refractivity contribution in [3.8, 4) is 0 Å². The van der Waals surface area contributed by atoms with E-state index in [1.165, 1.54) is 57.8 Å². The van der Waals surface area contributed by atoms with Crippen molar-refractivity contribution >= 4 is 23.5 Å². The number of rotatable bonds is 17. The summed E-state index contributed by atoms with van der Waals surface area (Å²) in [4.78, 5) is 9.35. The summed E-state index contributed by atoms with van der Waals surface area (Å²) in [5.74, 6) is 0. The van der Waals surface area contributed by atoms with Crippen molar-refractivity contribution in [3.05, 3.63) is 0 Å². The average Bonchev–Trinajstić information content (AvgIpc) is 2.47. The first-order chi connectivity index (χ1) is 10.6. The molecular weight excluding hydrogens is 367 g/mol.